The highest BCUT2D eigenvalue weighted by molar-refractivity contribution is 7.98. The maximum absolute atomic E-state index is 11.6. The molecule has 2 aromatic rings. The van der Waals surface area contributed by atoms with E-state index in [4.69, 9.17) is 0 Å². The lowest BCUT2D eigenvalue weighted by atomic mass is 10.2. The number of carbonyl (C=O) groups excluding carboxylic acids is 1. The third-order valence-electron chi connectivity index (χ3n) is 3.09. The molecule has 19 heavy (non-hydrogen) atoms. The summed E-state index contributed by atoms with van der Waals surface area (Å²) in [6.45, 7) is 1.65. The molecule has 3 rings (SSSR count). The zero-order valence-corrected chi connectivity index (χ0v) is 12.4. The Morgan fingerprint density at radius 3 is 2.74 bits per heavy atom. The lowest BCUT2D eigenvalue weighted by Gasteiger charge is -1.97. The zero-order valence-electron chi connectivity index (χ0n) is 10.8. The lowest BCUT2D eigenvalue weighted by Crippen LogP contribution is -1.93. The third-order valence-corrected chi connectivity index (χ3v) is 5.46. The first-order chi connectivity index (χ1) is 9.24. The number of aromatic nitrogens is 1. The van der Waals surface area contributed by atoms with Crippen molar-refractivity contribution in [1.82, 2.24) is 4.98 Å². The van der Waals surface area contributed by atoms with Gasteiger partial charge in [0.05, 0.1) is 16.3 Å². The fourth-order valence-electron chi connectivity index (χ4n) is 1.99. The highest BCUT2D eigenvalue weighted by Crippen LogP contribution is 2.43. The molecule has 1 saturated carbocycles. The van der Waals surface area contributed by atoms with Crippen LogP contribution in [-0.2, 0) is 5.75 Å². The van der Waals surface area contributed by atoms with Gasteiger partial charge in [-0.15, -0.1) is 23.1 Å². The fraction of sp³-hybridized carbons (Fsp3) is 0.333. The van der Waals surface area contributed by atoms with Gasteiger partial charge in [-0.05, 0) is 25.0 Å². The van der Waals surface area contributed by atoms with E-state index in [1.165, 1.54) is 17.7 Å². The average molecular weight is 289 g/mol. The van der Waals surface area contributed by atoms with Gasteiger partial charge < -0.3 is 0 Å². The van der Waals surface area contributed by atoms with Crippen LogP contribution in [0.2, 0.25) is 0 Å². The molecule has 0 radical (unpaired) electrons. The largest absolute Gasteiger partial charge is 0.294 e. The number of hydrogen-bond donors (Lipinski definition) is 0. The first-order valence-corrected chi connectivity index (χ1v) is 8.22. The summed E-state index contributed by atoms with van der Waals surface area (Å²) in [5.41, 5.74) is 1.06. The summed E-state index contributed by atoms with van der Waals surface area (Å²) in [5, 5.41) is 1.07. The van der Waals surface area contributed by atoms with Crippen LogP contribution in [0.4, 0.5) is 0 Å². The van der Waals surface area contributed by atoms with Gasteiger partial charge >= 0.3 is 0 Å². The molecular formula is C15H15NOS2. The molecule has 0 bridgehead atoms. The van der Waals surface area contributed by atoms with Gasteiger partial charge in [-0.3, -0.25) is 4.79 Å². The number of thiazole rings is 1. The minimum Gasteiger partial charge on any atom is -0.294 e. The molecule has 0 atom stereocenters. The van der Waals surface area contributed by atoms with Gasteiger partial charge in [0.15, 0.2) is 5.78 Å². The van der Waals surface area contributed by atoms with E-state index < -0.39 is 0 Å². The molecule has 1 aromatic carbocycles. The Morgan fingerprint density at radius 2 is 2.11 bits per heavy atom. The molecule has 1 aromatic heterocycles. The summed E-state index contributed by atoms with van der Waals surface area (Å²) in [6.07, 6.45) is 2.38. The smallest absolute Gasteiger partial charge is 0.171 e. The van der Waals surface area contributed by atoms with Crippen LogP contribution in [0.25, 0.3) is 0 Å². The molecule has 1 aliphatic rings. The summed E-state index contributed by atoms with van der Waals surface area (Å²) < 4.78 is 0. The van der Waals surface area contributed by atoms with E-state index >= 15 is 0 Å². The monoisotopic (exact) mass is 289 g/mol. The van der Waals surface area contributed by atoms with Gasteiger partial charge in [-0.1, -0.05) is 18.2 Å². The maximum Gasteiger partial charge on any atom is 0.171 e. The highest BCUT2D eigenvalue weighted by atomic mass is 32.2. The van der Waals surface area contributed by atoms with E-state index in [2.05, 4.69) is 17.1 Å². The van der Waals surface area contributed by atoms with E-state index in [0.29, 0.717) is 5.92 Å². The van der Waals surface area contributed by atoms with Crippen molar-refractivity contribution >= 4 is 28.9 Å². The molecule has 0 N–H and O–H groups in total. The second kappa shape index (κ2) is 5.47. The van der Waals surface area contributed by atoms with Crippen LogP contribution in [0.3, 0.4) is 0 Å². The van der Waals surface area contributed by atoms with Crippen LogP contribution in [0, 0.1) is 0 Å². The molecule has 4 heteroatoms. The van der Waals surface area contributed by atoms with Gasteiger partial charge in [0.1, 0.15) is 5.01 Å². The molecule has 0 spiro atoms. The van der Waals surface area contributed by atoms with Crippen molar-refractivity contribution in [2.24, 2.45) is 0 Å². The number of carbonyl (C=O) groups is 1. The quantitative estimate of drug-likeness (QED) is 0.599. The topological polar surface area (TPSA) is 30.0 Å². The number of rotatable bonds is 5. The Kier molecular flexibility index (Phi) is 3.71. The molecular weight excluding hydrogens is 274 g/mol. The Hall–Kier alpha value is -1.13. The highest BCUT2D eigenvalue weighted by Gasteiger charge is 2.30. The Morgan fingerprint density at radius 1 is 1.37 bits per heavy atom. The van der Waals surface area contributed by atoms with E-state index in [1.807, 2.05) is 18.2 Å². The first kappa shape index (κ1) is 12.9. The van der Waals surface area contributed by atoms with Crippen molar-refractivity contribution in [3.05, 3.63) is 45.9 Å². The van der Waals surface area contributed by atoms with Gasteiger partial charge in [0, 0.05) is 17.7 Å². The van der Waals surface area contributed by atoms with Crippen molar-refractivity contribution in [1.29, 1.82) is 0 Å². The number of benzene rings is 1. The number of ketones is 1. The fourth-order valence-corrected chi connectivity index (χ4v) is 3.94. The number of hydrogen-bond acceptors (Lipinski definition) is 4. The normalized spacial score (nSPS) is 14.6. The van der Waals surface area contributed by atoms with Crippen LogP contribution in [0.15, 0.2) is 35.2 Å². The molecule has 98 valence electrons. The summed E-state index contributed by atoms with van der Waals surface area (Å²) in [7, 11) is 0. The van der Waals surface area contributed by atoms with Crippen molar-refractivity contribution < 1.29 is 4.79 Å². The van der Waals surface area contributed by atoms with Crippen LogP contribution in [-0.4, -0.2) is 10.8 Å². The SMILES string of the molecule is CC(=O)c1sc(CSc2ccccc2)nc1C1CC1. The third kappa shape index (κ3) is 3.07. The van der Waals surface area contributed by atoms with Crippen LogP contribution in [0.5, 0.6) is 0 Å². The van der Waals surface area contributed by atoms with Gasteiger partial charge in [0.25, 0.3) is 0 Å². The molecule has 0 aliphatic heterocycles. The molecule has 1 fully saturated rings. The maximum atomic E-state index is 11.6. The second-order valence-corrected chi connectivity index (χ2v) is 6.89. The zero-order chi connectivity index (χ0) is 13.2. The standard InChI is InChI=1S/C15H15NOS2/c1-10(17)15-14(11-7-8-11)16-13(19-15)9-18-12-5-3-2-4-6-12/h2-6,11H,7-9H2,1H3. The predicted molar refractivity (Wildman–Crippen MR) is 80.1 cm³/mol. The summed E-state index contributed by atoms with van der Waals surface area (Å²) in [4.78, 5) is 18.5. The van der Waals surface area contributed by atoms with Crippen LogP contribution in [0.1, 0.15) is 46.1 Å². The van der Waals surface area contributed by atoms with Gasteiger partial charge in [-0.2, -0.15) is 0 Å². The Labute approximate surface area is 121 Å². The van der Waals surface area contributed by atoms with Crippen molar-refractivity contribution in [3.8, 4) is 0 Å². The van der Waals surface area contributed by atoms with E-state index in [1.54, 1.807) is 30.0 Å². The minimum absolute atomic E-state index is 0.162. The van der Waals surface area contributed by atoms with Gasteiger partial charge in [-0.25, -0.2) is 4.98 Å². The van der Waals surface area contributed by atoms with E-state index in [-0.39, 0.29) is 5.78 Å². The summed E-state index contributed by atoms with van der Waals surface area (Å²) in [6, 6.07) is 10.3. The summed E-state index contributed by atoms with van der Waals surface area (Å²) >= 11 is 3.35. The van der Waals surface area contributed by atoms with Crippen molar-refractivity contribution in [3.63, 3.8) is 0 Å². The van der Waals surface area contributed by atoms with E-state index in [0.717, 1.165) is 21.3 Å². The first-order valence-electron chi connectivity index (χ1n) is 6.42. The molecule has 1 heterocycles. The predicted octanol–water partition coefficient (Wildman–Crippen LogP) is 4.52. The van der Waals surface area contributed by atoms with Crippen LogP contribution < -0.4 is 0 Å². The average Bonchev–Trinajstić information content (AvgIpc) is 3.17. The molecule has 0 unspecified atom stereocenters. The molecule has 0 saturated heterocycles. The second-order valence-electron chi connectivity index (χ2n) is 4.75. The Balaban J connectivity index is 1.74. The molecule has 2 nitrogen and oxygen atoms in total. The van der Waals surface area contributed by atoms with Crippen molar-refractivity contribution in [2.45, 2.75) is 36.3 Å². The Bertz CT molecular complexity index is 587. The lowest BCUT2D eigenvalue weighted by molar-refractivity contribution is 0.102. The van der Waals surface area contributed by atoms with Crippen LogP contribution >= 0.6 is 23.1 Å². The number of Topliss-reactive ketones (excluding diaryl/α,β-unsaturated/α-hetero) is 1. The summed E-state index contributed by atoms with van der Waals surface area (Å²) in [5.74, 6) is 1.56. The van der Waals surface area contributed by atoms with Crippen molar-refractivity contribution in [2.75, 3.05) is 0 Å². The number of thioether (sulfide) groups is 1. The minimum atomic E-state index is 0.162. The van der Waals surface area contributed by atoms with E-state index in [9.17, 15) is 4.79 Å². The molecule has 0 amide bonds. The molecule has 1 aliphatic carbocycles. The number of nitrogens with zero attached hydrogens (tertiary/aromatic N) is 1. The van der Waals surface area contributed by atoms with Gasteiger partial charge in [0.2, 0.25) is 0 Å².